The van der Waals surface area contributed by atoms with Crippen molar-refractivity contribution >= 4 is 5.97 Å². The number of nitriles is 1. The van der Waals surface area contributed by atoms with Crippen LogP contribution in [0.5, 0.6) is 0 Å². The van der Waals surface area contributed by atoms with Gasteiger partial charge in [0.1, 0.15) is 6.07 Å². The van der Waals surface area contributed by atoms with Crippen molar-refractivity contribution in [3.8, 4) is 6.07 Å². The zero-order valence-electron chi connectivity index (χ0n) is 8.96. The minimum absolute atomic E-state index is 0.0280. The van der Waals surface area contributed by atoms with Crippen LogP contribution in [0.2, 0.25) is 0 Å². The van der Waals surface area contributed by atoms with E-state index in [2.05, 4.69) is 10.5 Å². The van der Waals surface area contributed by atoms with Crippen LogP contribution in [0.1, 0.15) is 30.1 Å². The van der Waals surface area contributed by atoms with Crippen molar-refractivity contribution in [1.29, 1.82) is 5.26 Å². The number of rotatable bonds is 3. The molecule has 1 aromatic rings. The molecule has 1 fully saturated rings. The van der Waals surface area contributed by atoms with E-state index in [1.807, 2.05) is 6.07 Å². The molecule has 1 aliphatic heterocycles. The van der Waals surface area contributed by atoms with E-state index in [1.54, 1.807) is 12.1 Å². The van der Waals surface area contributed by atoms with Crippen LogP contribution < -0.4 is 5.48 Å². The van der Waals surface area contributed by atoms with E-state index in [0.29, 0.717) is 12.0 Å². The summed E-state index contributed by atoms with van der Waals surface area (Å²) in [6.45, 7) is 0. The minimum atomic E-state index is -0.884. The SMILES string of the molecule is N#Cc1ccc(C2CC(CC(=O)O)ON2)nc1. The van der Waals surface area contributed by atoms with Crippen LogP contribution in [-0.4, -0.2) is 22.2 Å². The molecule has 2 unspecified atom stereocenters. The molecule has 0 spiro atoms. The molecule has 2 atom stereocenters. The second-order valence-corrected chi connectivity index (χ2v) is 3.83. The number of hydrogen-bond donors (Lipinski definition) is 2. The first-order valence-electron chi connectivity index (χ1n) is 5.18. The van der Waals surface area contributed by atoms with Crippen molar-refractivity contribution in [2.24, 2.45) is 0 Å². The number of aliphatic carboxylic acids is 1. The van der Waals surface area contributed by atoms with Gasteiger partial charge >= 0.3 is 5.97 Å². The van der Waals surface area contributed by atoms with E-state index in [4.69, 9.17) is 15.2 Å². The van der Waals surface area contributed by atoms with Crippen LogP contribution in [0, 0.1) is 11.3 Å². The third-order valence-electron chi connectivity index (χ3n) is 2.55. The quantitative estimate of drug-likeness (QED) is 0.800. The average molecular weight is 233 g/mol. The van der Waals surface area contributed by atoms with Crippen molar-refractivity contribution in [1.82, 2.24) is 10.5 Å². The molecule has 1 saturated heterocycles. The van der Waals surface area contributed by atoms with Crippen LogP contribution in [0.3, 0.4) is 0 Å². The van der Waals surface area contributed by atoms with Gasteiger partial charge in [-0.3, -0.25) is 14.6 Å². The number of nitrogens with zero attached hydrogens (tertiary/aromatic N) is 2. The Morgan fingerprint density at radius 1 is 1.71 bits per heavy atom. The molecule has 0 aliphatic carbocycles. The average Bonchev–Trinajstić information content (AvgIpc) is 2.77. The summed E-state index contributed by atoms with van der Waals surface area (Å²) < 4.78 is 0. The highest BCUT2D eigenvalue weighted by molar-refractivity contribution is 5.67. The van der Waals surface area contributed by atoms with Crippen molar-refractivity contribution < 1.29 is 14.7 Å². The third-order valence-corrected chi connectivity index (χ3v) is 2.55. The number of carbonyl (C=O) groups is 1. The van der Waals surface area contributed by atoms with Crippen LogP contribution in [0.4, 0.5) is 0 Å². The molecular formula is C11H11N3O3. The molecule has 0 aromatic carbocycles. The summed E-state index contributed by atoms with van der Waals surface area (Å²) in [7, 11) is 0. The second-order valence-electron chi connectivity index (χ2n) is 3.83. The Hall–Kier alpha value is -1.97. The number of carboxylic acids is 1. The van der Waals surface area contributed by atoms with Gasteiger partial charge in [0.05, 0.1) is 29.8 Å². The summed E-state index contributed by atoms with van der Waals surface area (Å²) in [5, 5.41) is 17.3. The molecule has 1 aliphatic rings. The standard InChI is InChI=1S/C11H11N3O3/c12-5-7-1-2-9(13-6-7)10-3-8(17-14-10)4-11(15)16/h1-2,6,8,10,14H,3-4H2,(H,15,16). The normalized spacial score (nSPS) is 23.2. The molecule has 0 bridgehead atoms. The molecule has 2 N–H and O–H groups in total. The van der Waals surface area contributed by atoms with Gasteiger partial charge in [-0.25, -0.2) is 0 Å². The Morgan fingerprint density at radius 3 is 3.12 bits per heavy atom. The Kier molecular flexibility index (Phi) is 3.32. The van der Waals surface area contributed by atoms with Gasteiger partial charge in [0.15, 0.2) is 0 Å². The topological polar surface area (TPSA) is 95.2 Å². The molecule has 88 valence electrons. The van der Waals surface area contributed by atoms with E-state index in [1.165, 1.54) is 6.20 Å². The lowest BCUT2D eigenvalue weighted by atomic mass is 10.1. The number of hydrogen-bond acceptors (Lipinski definition) is 5. The summed E-state index contributed by atoms with van der Waals surface area (Å²) in [5.74, 6) is -0.884. The smallest absolute Gasteiger partial charge is 0.306 e. The first-order valence-corrected chi connectivity index (χ1v) is 5.18. The van der Waals surface area contributed by atoms with Gasteiger partial charge < -0.3 is 5.11 Å². The van der Waals surface area contributed by atoms with Gasteiger partial charge in [-0.15, -0.1) is 0 Å². The summed E-state index contributed by atoms with van der Waals surface area (Å²) in [6, 6.07) is 5.28. The summed E-state index contributed by atoms with van der Waals surface area (Å²) >= 11 is 0. The van der Waals surface area contributed by atoms with Crippen molar-refractivity contribution in [3.63, 3.8) is 0 Å². The van der Waals surface area contributed by atoms with Gasteiger partial charge in [0, 0.05) is 6.20 Å². The molecule has 2 rings (SSSR count). The monoisotopic (exact) mass is 233 g/mol. The number of carboxylic acid groups (broad SMARTS) is 1. The van der Waals surface area contributed by atoms with Gasteiger partial charge in [0.25, 0.3) is 0 Å². The van der Waals surface area contributed by atoms with Crippen molar-refractivity contribution in [2.75, 3.05) is 0 Å². The lowest BCUT2D eigenvalue weighted by Crippen LogP contribution is -2.15. The Bertz CT molecular complexity index is 452. The fourth-order valence-corrected chi connectivity index (χ4v) is 1.72. The number of pyridine rings is 1. The predicted molar refractivity (Wildman–Crippen MR) is 56.6 cm³/mol. The predicted octanol–water partition coefficient (Wildman–Crippen LogP) is 0.763. The maximum Gasteiger partial charge on any atom is 0.306 e. The Morgan fingerprint density at radius 2 is 2.53 bits per heavy atom. The Labute approximate surface area is 97.8 Å². The number of nitrogens with one attached hydrogen (secondary N) is 1. The molecule has 17 heavy (non-hydrogen) atoms. The van der Waals surface area contributed by atoms with Crippen LogP contribution in [0.25, 0.3) is 0 Å². The van der Waals surface area contributed by atoms with Crippen LogP contribution in [0.15, 0.2) is 18.3 Å². The number of aromatic nitrogens is 1. The van der Waals surface area contributed by atoms with E-state index in [9.17, 15) is 4.79 Å². The maximum absolute atomic E-state index is 10.5. The van der Waals surface area contributed by atoms with E-state index < -0.39 is 5.97 Å². The molecule has 0 amide bonds. The molecule has 2 heterocycles. The lowest BCUT2D eigenvalue weighted by Gasteiger charge is -2.06. The zero-order chi connectivity index (χ0) is 12.3. The van der Waals surface area contributed by atoms with Gasteiger partial charge in [-0.05, 0) is 18.6 Å². The second kappa shape index (κ2) is 4.91. The summed E-state index contributed by atoms with van der Waals surface area (Å²) in [5.41, 5.74) is 4.00. The van der Waals surface area contributed by atoms with Crippen LogP contribution in [-0.2, 0) is 9.63 Å². The van der Waals surface area contributed by atoms with Gasteiger partial charge in [0.2, 0.25) is 0 Å². The molecule has 6 nitrogen and oxygen atoms in total. The van der Waals surface area contributed by atoms with E-state index in [0.717, 1.165) is 5.69 Å². The van der Waals surface area contributed by atoms with Crippen LogP contribution >= 0.6 is 0 Å². The molecule has 1 aromatic heterocycles. The minimum Gasteiger partial charge on any atom is -0.481 e. The lowest BCUT2D eigenvalue weighted by molar-refractivity contribution is -0.140. The first-order chi connectivity index (χ1) is 8.19. The highest BCUT2D eigenvalue weighted by Gasteiger charge is 2.29. The van der Waals surface area contributed by atoms with Gasteiger partial charge in [-0.2, -0.15) is 10.7 Å². The maximum atomic E-state index is 10.5. The van der Waals surface area contributed by atoms with E-state index >= 15 is 0 Å². The van der Waals surface area contributed by atoms with Crippen molar-refractivity contribution in [2.45, 2.75) is 25.0 Å². The zero-order valence-corrected chi connectivity index (χ0v) is 8.96. The third kappa shape index (κ3) is 2.78. The molecule has 0 radical (unpaired) electrons. The largest absolute Gasteiger partial charge is 0.481 e. The Balaban J connectivity index is 2.00. The fourth-order valence-electron chi connectivity index (χ4n) is 1.72. The van der Waals surface area contributed by atoms with Crippen molar-refractivity contribution in [3.05, 3.63) is 29.6 Å². The highest BCUT2D eigenvalue weighted by Crippen LogP contribution is 2.25. The molecule has 0 saturated carbocycles. The first kappa shape index (κ1) is 11.5. The fraction of sp³-hybridized carbons (Fsp3) is 0.364. The summed E-state index contributed by atoms with van der Waals surface area (Å²) in [6.07, 6.45) is 1.68. The molecule has 6 heteroatoms. The van der Waals surface area contributed by atoms with Gasteiger partial charge in [-0.1, -0.05) is 0 Å². The molecular weight excluding hydrogens is 222 g/mol. The summed E-state index contributed by atoms with van der Waals surface area (Å²) in [4.78, 5) is 19.8. The van der Waals surface area contributed by atoms with E-state index in [-0.39, 0.29) is 18.6 Å². The highest BCUT2D eigenvalue weighted by atomic mass is 16.7. The number of hydroxylamine groups is 1.